The summed E-state index contributed by atoms with van der Waals surface area (Å²) in [5, 5.41) is 13.6. The van der Waals surface area contributed by atoms with Gasteiger partial charge in [-0.05, 0) is 56.3 Å². The van der Waals surface area contributed by atoms with Crippen molar-refractivity contribution in [2.75, 3.05) is 24.6 Å². The molecule has 4 atom stereocenters. The van der Waals surface area contributed by atoms with Gasteiger partial charge in [0.25, 0.3) is 0 Å². The lowest BCUT2D eigenvalue weighted by Crippen LogP contribution is -2.38. The topological polar surface area (TPSA) is 73.9 Å². The Kier molecular flexibility index (Phi) is 4.58. The third-order valence-electron chi connectivity index (χ3n) is 7.57. The Morgan fingerprint density at radius 3 is 2.60 bits per heavy atom. The molecule has 0 bridgehead atoms. The maximum atomic E-state index is 6.51. The number of hydrogen-bond acceptors (Lipinski definition) is 6. The van der Waals surface area contributed by atoms with E-state index in [0.717, 1.165) is 56.6 Å². The fourth-order valence-corrected chi connectivity index (χ4v) is 5.43. The lowest BCUT2D eigenvalue weighted by Gasteiger charge is -2.37. The molecule has 0 spiro atoms. The van der Waals surface area contributed by atoms with Crippen LogP contribution in [0.5, 0.6) is 0 Å². The number of rotatable bonds is 7. The van der Waals surface area contributed by atoms with Crippen molar-refractivity contribution >= 4 is 5.95 Å². The van der Waals surface area contributed by atoms with Gasteiger partial charge in [-0.15, -0.1) is 5.10 Å². The van der Waals surface area contributed by atoms with Gasteiger partial charge in [0.05, 0.1) is 17.8 Å². The maximum Gasteiger partial charge on any atom is 0.223 e. The summed E-state index contributed by atoms with van der Waals surface area (Å²) >= 11 is 0. The van der Waals surface area contributed by atoms with E-state index in [1.165, 1.54) is 31.4 Å². The van der Waals surface area contributed by atoms with Crippen molar-refractivity contribution in [1.29, 1.82) is 0 Å². The number of ether oxygens (including phenoxy) is 1. The number of hydrogen-bond donors (Lipinski definition) is 0. The van der Waals surface area contributed by atoms with Gasteiger partial charge in [-0.1, -0.05) is 12.1 Å². The molecular formula is C22H33N7O. The van der Waals surface area contributed by atoms with Gasteiger partial charge in [0.1, 0.15) is 0 Å². The molecule has 2 aromatic rings. The summed E-state index contributed by atoms with van der Waals surface area (Å²) in [4.78, 5) is 7.22. The van der Waals surface area contributed by atoms with Crippen molar-refractivity contribution in [3.63, 3.8) is 0 Å². The molecule has 1 saturated heterocycles. The van der Waals surface area contributed by atoms with Crippen LogP contribution in [0.3, 0.4) is 0 Å². The Morgan fingerprint density at radius 1 is 1.10 bits per heavy atom. The molecule has 30 heavy (non-hydrogen) atoms. The molecule has 0 amide bonds. The molecular weight excluding hydrogens is 378 g/mol. The summed E-state index contributed by atoms with van der Waals surface area (Å²) in [6.45, 7) is 5.14. The van der Waals surface area contributed by atoms with E-state index in [9.17, 15) is 0 Å². The molecule has 0 radical (unpaired) electrons. The van der Waals surface area contributed by atoms with E-state index in [4.69, 9.17) is 9.72 Å². The van der Waals surface area contributed by atoms with Crippen molar-refractivity contribution < 1.29 is 4.74 Å². The van der Waals surface area contributed by atoms with Gasteiger partial charge < -0.3 is 9.64 Å². The average Bonchev–Trinajstić information content (AvgIpc) is 3.64. The zero-order chi connectivity index (χ0) is 20.2. The zero-order valence-electron chi connectivity index (χ0n) is 18.2. The molecule has 6 rings (SSSR count). The van der Waals surface area contributed by atoms with E-state index in [2.05, 4.69) is 38.1 Å². The second-order valence-electron chi connectivity index (χ2n) is 9.98. The minimum absolute atomic E-state index is 0.242. The summed E-state index contributed by atoms with van der Waals surface area (Å²) in [6, 6.07) is 0.302. The molecule has 4 aliphatic rings. The van der Waals surface area contributed by atoms with Crippen molar-refractivity contribution in [3.8, 4) is 0 Å². The molecule has 8 heteroatoms. The van der Waals surface area contributed by atoms with Crippen molar-refractivity contribution in [2.24, 2.45) is 24.8 Å². The highest BCUT2D eigenvalue weighted by Gasteiger charge is 2.45. The average molecular weight is 412 g/mol. The molecule has 3 saturated carbocycles. The van der Waals surface area contributed by atoms with E-state index in [-0.39, 0.29) is 6.10 Å². The first-order valence-corrected chi connectivity index (χ1v) is 11.9. The fourth-order valence-electron chi connectivity index (χ4n) is 5.43. The van der Waals surface area contributed by atoms with Crippen molar-refractivity contribution in [2.45, 2.75) is 69.9 Å². The molecule has 8 nitrogen and oxygen atoms in total. The molecule has 3 aliphatic carbocycles. The minimum Gasteiger partial charge on any atom is -0.376 e. The van der Waals surface area contributed by atoms with Gasteiger partial charge in [0, 0.05) is 45.3 Å². The SMILES string of the molecule is CCc1nc(N2C[C@H]3C[C@@H](n4cc(C5CC5)nn4)[C@H](OCC4CC4)C[C@H]3C2)n(C)n1. The van der Waals surface area contributed by atoms with Gasteiger partial charge in [0.15, 0.2) is 5.82 Å². The van der Waals surface area contributed by atoms with E-state index in [1.54, 1.807) is 0 Å². The largest absolute Gasteiger partial charge is 0.376 e. The summed E-state index contributed by atoms with van der Waals surface area (Å²) in [6.07, 6.45) is 10.7. The van der Waals surface area contributed by atoms with E-state index in [0.29, 0.717) is 23.8 Å². The van der Waals surface area contributed by atoms with E-state index < -0.39 is 0 Å². The Labute approximate surface area is 178 Å². The monoisotopic (exact) mass is 411 g/mol. The third kappa shape index (κ3) is 3.53. The molecule has 0 unspecified atom stereocenters. The summed E-state index contributed by atoms with van der Waals surface area (Å²) in [5.41, 5.74) is 1.18. The quantitative estimate of drug-likeness (QED) is 0.697. The second kappa shape index (κ2) is 7.32. The Morgan fingerprint density at radius 2 is 1.90 bits per heavy atom. The van der Waals surface area contributed by atoms with Crippen LogP contribution >= 0.6 is 0 Å². The Balaban J connectivity index is 1.21. The van der Waals surface area contributed by atoms with Crippen LogP contribution in [-0.4, -0.2) is 55.6 Å². The highest BCUT2D eigenvalue weighted by atomic mass is 16.5. The lowest BCUT2D eigenvalue weighted by atomic mass is 9.77. The fraction of sp³-hybridized carbons (Fsp3) is 0.818. The molecule has 0 N–H and O–H groups in total. The van der Waals surface area contributed by atoms with Crippen LogP contribution < -0.4 is 4.90 Å². The number of nitrogens with zero attached hydrogens (tertiary/aromatic N) is 7. The second-order valence-corrected chi connectivity index (χ2v) is 9.98. The molecule has 0 aromatic carbocycles. The number of aromatic nitrogens is 6. The van der Waals surface area contributed by atoms with Crippen LogP contribution in [0.25, 0.3) is 0 Å². The first-order valence-electron chi connectivity index (χ1n) is 11.9. The van der Waals surface area contributed by atoms with Gasteiger partial charge in [-0.25, -0.2) is 9.36 Å². The zero-order valence-corrected chi connectivity index (χ0v) is 18.2. The highest BCUT2D eigenvalue weighted by molar-refractivity contribution is 5.33. The normalized spacial score (nSPS) is 31.3. The lowest BCUT2D eigenvalue weighted by molar-refractivity contribution is -0.0375. The predicted molar refractivity (Wildman–Crippen MR) is 112 cm³/mol. The van der Waals surface area contributed by atoms with Crippen LogP contribution in [-0.2, 0) is 18.2 Å². The maximum absolute atomic E-state index is 6.51. The number of fused-ring (bicyclic) bond motifs is 1. The van der Waals surface area contributed by atoms with Crippen LogP contribution in [0, 0.1) is 17.8 Å². The van der Waals surface area contributed by atoms with Crippen LogP contribution in [0.15, 0.2) is 6.20 Å². The van der Waals surface area contributed by atoms with Gasteiger partial charge in [-0.3, -0.25) is 0 Å². The smallest absolute Gasteiger partial charge is 0.223 e. The van der Waals surface area contributed by atoms with Gasteiger partial charge in [-0.2, -0.15) is 10.1 Å². The Hall–Kier alpha value is -1.96. The van der Waals surface area contributed by atoms with Crippen LogP contribution in [0.4, 0.5) is 5.95 Å². The minimum atomic E-state index is 0.242. The van der Waals surface area contributed by atoms with Crippen molar-refractivity contribution in [3.05, 3.63) is 17.7 Å². The molecule has 2 aromatic heterocycles. The van der Waals surface area contributed by atoms with Gasteiger partial charge >= 0.3 is 0 Å². The first-order chi connectivity index (χ1) is 14.7. The van der Waals surface area contributed by atoms with Crippen molar-refractivity contribution in [1.82, 2.24) is 29.8 Å². The molecule has 3 heterocycles. The van der Waals surface area contributed by atoms with Gasteiger partial charge in [0.2, 0.25) is 5.95 Å². The molecule has 1 aliphatic heterocycles. The first kappa shape index (κ1) is 18.8. The number of aryl methyl sites for hydroxylation is 2. The summed E-state index contributed by atoms with van der Waals surface area (Å²) < 4.78 is 10.6. The Bertz CT molecular complexity index is 899. The standard InChI is InChI=1S/C22H33N7O/c1-3-21-23-22(27(2)25-21)28-10-16-8-19(29-12-18(24-26-29)15-6-7-15)20(9-17(16)11-28)30-13-14-4-5-14/h12,14-17,19-20H,3-11,13H2,1-2H3/t16-,17+,19-,20-/m1/s1. The van der Waals surface area contributed by atoms with E-state index in [1.807, 2.05) is 11.7 Å². The number of anilines is 1. The molecule has 162 valence electrons. The van der Waals surface area contributed by atoms with E-state index >= 15 is 0 Å². The third-order valence-corrected chi connectivity index (χ3v) is 7.57. The van der Waals surface area contributed by atoms with Crippen LogP contribution in [0.1, 0.15) is 68.9 Å². The highest BCUT2D eigenvalue weighted by Crippen LogP contribution is 2.45. The van der Waals surface area contributed by atoms with Crippen LogP contribution in [0.2, 0.25) is 0 Å². The summed E-state index contributed by atoms with van der Waals surface area (Å²) in [5.74, 6) is 4.68. The molecule has 4 fully saturated rings. The summed E-state index contributed by atoms with van der Waals surface area (Å²) in [7, 11) is 2.02. The predicted octanol–water partition coefficient (Wildman–Crippen LogP) is 2.73.